The summed E-state index contributed by atoms with van der Waals surface area (Å²) >= 11 is 2.70. The number of aromatic nitrogens is 4. The summed E-state index contributed by atoms with van der Waals surface area (Å²) in [4.78, 5) is 24.8. The van der Waals surface area contributed by atoms with Crippen molar-refractivity contribution in [2.75, 3.05) is 21.3 Å². The lowest BCUT2D eigenvalue weighted by atomic mass is 10.1. The van der Waals surface area contributed by atoms with Gasteiger partial charge in [-0.15, -0.1) is 20.4 Å². The summed E-state index contributed by atoms with van der Waals surface area (Å²) in [5.74, 6) is 0.924. The fourth-order valence-electron chi connectivity index (χ4n) is 2.82. The molecule has 0 saturated carbocycles. The summed E-state index contributed by atoms with van der Waals surface area (Å²) in [6.45, 7) is 10.3. The molecule has 2 heterocycles. The summed E-state index contributed by atoms with van der Waals surface area (Å²) in [5, 5.41) is 29.7. The first-order chi connectivity index (χ1) is 15.7. The first-order valence-corrected chi connectivity index (χ1v) is 12.2. The Morgan fingerprint density at radius 1 is 0.788 bits per heavy atom. The molecular formula is C21H28N8O2S2. The van der Waals surface area contributed by atoms with Gasteiger partial charge in [0.15, 0.2) is 0 Å². The highest BCUT2D eigenvalue weighted by molar-refractivity contribution is 7.15. The second kappa shape index (κ2) is 11.1. The quantitative estimate of drug-likeness (QED) is 0.336. The molecule has 0 aliphatic rings. The van der Waals surface area contributed by atoms with Crippen molar-refractivity contribution in [1.29, 1.82) is 0 Å². The Labute approximate surface area is 200 Å². The van der Waals surface area contributed by atoms with Crippen molar-refractivity contribution in [2.45, 2.75) is 47.5 Å². The first kappa shape index (κ1) is 24.5. The van der Waals surface area contributed by atoms with Crippen LogP contribution in [0.5, 0.6) is 0 Å². The highest BCUT2D eigenvalue weighted by Crippen LogP contribution is 2.23. The Bertz CT molecular complexity index is 1110. The molecule has 12 heteroatoms. The van der Waals surface area contributed by atoms with Crippen molar-refractivity contribution < 1.29 is 9.59 Å². The van der Waals surface area contributed by atoms with E-state index in [0.717, 1.165) is 28.4 Å². The van der Waals surface area contributed by atoms with E-state index in [-0.39, 0.29) is 0 Å². The second-order valence-corrected chi connectivity index (χ2v) is 10.5. The molecule has 0 fully saturated rings. The molecule has 0 bridgehead atoms. The average Bonchev–Trinajstić information content (AvgIpc) is 3.32. The maximum Gasteiger partial charge on any atom is 0.325 e. The largest absolute Gasteiger partial charge is 0.325 e. The molecule has 4 N–H and O–H groups in total. The lowest BCUT2D eigenvalue weighted by molar-refractivity contribution is 0.261. The van der Waals surface area contributed by atoms with Crippen LogP contribution in [0.1, 0.15) is 43.3 Å². The van der Waals surface area contributed by atoms with E-state index in [2.05, 4.69) is 69.4 Å². The lowest BCUT2D eigenvalue weighted by Crippen LogP contribution is -2.21. The zero-order valence-electron chi connectivity index (χ0n) is 19.2. The average molecular weight is 489 g/mol. The van der Waals surface area contributed by atoms with E-state index in [1.165, 1.54) is 22.7 Å². The summed E-state index contributed by atoms with van der Waals surface area (Å²) in [6, 6.07) is 4.38. The Hall–Kier alpha value is -3.12. The molecule has 4 amide bonds. The highest BCUT2D eigenvalue weighted by atomic mass is 32.1. The Morgan fingerprint density at radius 2 is 1.30 bits per heavy atom. The fourth-order valence-corrected chi connectivity index (χ4v) is 4.71. The van der Waals surface area contributed by atoms with E-state index in [0.29, 0.717) is 33.5 Å². The molecule has 1 aromatic carbocycles. The number of carbonyl (C=O) groups excluding carboxylic acids is 2. The van der Waals surface area contributed by atoms with Crippen LogP contribution in [0.4, 0.5) is 31.2 Å². The topological polar surface area (TPSA) is 134 Å². The number of carbonyl (C=O) groups is 2. The molecule has 3 aromatic rings. The van der Waals surface area contributed by atoms with E-state index in [1.807, 2.05) is 13.0 Å². The third kappa shape index (κ3) is 7.75. The van der Waals surface area contributed by atoms with Crippen molar-refractivity contribution in [3.63, 3.8) is 0 Å². The van der Waals surface area contributed by atoms with Crippen LogP contribution in [0.3, 0.4) is 0 Å². The van der Waals surface area contributed by atoms with Crippen molar-refractivity contribution >= 4 is 56.4 Å². The predicted octanol–water partition coefficient (Wildman–Crippen LogP) is 5.38. The maximum absolute atomic E-state index is 12.4. The molecule has 0 unspecified atom stereocenters. The van der Waals surface area contributed by atoms with E-state index in [4.69, 9.17) is 0 Å². The molecule has 0 radical (unpaired) electrons. The van der Waals surface area contributed by atoms with Gasteiger partial charge in [-0.25, -0.2) is 9.59 Å². The number of rotatable bonds is 8. The number of aryl methyl sites for hydroxylation is 1. The molecule has 33 heavy (non-hydrogen) atoms. The van der Waals surface area contributed by atoms with Crippen LogP contribution >= 0.6 is 22.7 Å². The van der Waals surface area contributed by atoms with Crippen LogP contribution < -0.4 is 21.3 Å². The third-order valence-corrected chi connectivity index (χ3v) is 6.01. The van der Waals surface area contributed by atoms with Gasteiger partial charge < -0.3 is 10.6 Å². The molecule has 0 spiro atoms. The zero-order chi connectivity index (χ0) is 24.0. The van der Waals surface area contributed by atoms with Gasteiger partial charge in [-0.1, -0.05) is 56.4 Å². The summed E-state index contributed by atoms with van der Waals surface area (Å²) < 4.78 is 0. The number of hydrogen-bond acceptors (Lipinski definition) is 8. The summed E-state index contributed by atoms with van der Waals surface area (Å²) in [6.07, 6.45) is 1.62. The molecule has 0 saturated heterocycles. The molecule has 0 aliphatic carbocycles. The number of urea groups is 2. The number of hydrogen-bond donors (Lipinski definition) is 4. The van der Waals surface area contributed by atoms with Crippen molar-refractivity contribution in [1.82, 2.24) is 20.4 Å². The molecule has 0 atom stereocenters. The zero-order valence-corrected chi connectivity index (χ0v) is 20.9. The van der Waals surface area contributed by atoms with Crippen molar-refractivity contribution in [3.05, 3.63) is 33.8 Å². The minimum atomic E-state index is -0.437. The van der Waals surface area contributed by atoms with E-state index in [1.54, 1.807) is 12.1 Å². The molecule has 3 rings (SSSR count). The van der Waals surface area contributed by atoms with Gasteiger partial charge in [0, 0.05) is 24.2 Å². The second-order valence-electron chi connectivity index (χ2n) is 8.39. The van der Waals surface area contributed by atoms with Crippen molar-refractivity contribution in [3.8, 4) is 0 Å². The summed E-state index contributed by atoms with van der Waals surface area (Å²) in [5.41, 5.74) is 1.93. The maximum atomic E-state index is 12.4. The van der Waals surface area contributed by atoms with Gasteiger partial charge in [0.1, 0.15) is 10.0 Å². The highest BCUT2D eigenvalue weighted by Gasteiger charge is 2.13. The van der Waals surface area contributed by atoms with E-state index < -0.39 is 12.1 Å². The molecule has 2 aromatic heterocycles. The number of nitrogens with one attached hydrogen (secondary N) is 4. The number of amides is 4. The smallest absolute Gasteiger partial charge is 0.308 e. The van der Waals surface area contributed by atoms with Gasteiger partial charge in [0.25, 0.3) is 0 Å². The molecular weight excluding hydrogens is 460 g/mol. The fraction of sp³-hybridized carbons (Fsp3) is 0.429. The number of anilines is 4. The van der Waals surface area contributed by atoms with Gasteiger partial charge in [-0.3, -0.25) is 10.6 Å². The summed E-state index contributed by atoms with van der Waals surface area (Å²) in [7, 11) is 0. The number of nitrogens with zero attached hydrogens (tertiary/aromatic N) is 4. The van der Waals surface area contributed by atoms with Crippen molar-refractivity contribution in [2.24, 2.45) is 11.8 Å². The minimum Gasteiger partial charge on any atom is -0.308 e. The van der Waals surface area contributed by atoms with Crippen LogP contribution in [-0.2, 0) is 12.8 Å². The van der Waals surface area contributed by atoms with Crippen LogP contribution in [-0.4, -0.2) is 32.5 Å². The Balaban J connectivity index is 1.57. The SMILES string of the molecule is Cc1ccc(NC(=O)Nc2nnc(CC(C)C)s2)cc1NC(=O)Nc1nnc(CC(C)C)s1. The van der Waals surface area contributed by atoms with Gasteiger partial charge in [0.2, 0.25) is 10.3 Å². The van der Waals surface area contributed by atoms with Crippen LogP contribution in [0.2, 0.25) is 0 Å². The third-order valence-electron chi connectivity index (χ3n) is 4.28. The molecule has 176 valence electrons. The predicted molar refractivity (Wildman–Crippen MR) is 133 cm³/mol. The molecule has 0 aliphatic heterocycles. The monoisotopic (exact) mass is 488 g/mol. The lowest BCUT2D eigenvalue weighted by Gasteiger charge is -2.11. The van der Waals surface area contributed by atoms with Gasteiger partial charge in [-0.2, -0.15) is 0 Å². The van der Waals surface area contributed by atoms with E-state index in [9.17, 15) is 9.59 Å². The molecule has 10 nitrogen and oxygen atoms in total. The normalized spacial score (nSPS) is 11.0. The van der Waals surface area contributed by atoms with Crippen LogP contribution in [0.25, 0.3) is 0 Å². The number of benzene rings is 1. The Kier molecular flexibility index (Phi) is 8.28. The van der Waals surface area contributed by atoms with Crippen LogP contribution in [0.15, 0.2) is 18.2 Å². The van der Waals surface area contributed by atoms with Crippen LogP contribution in [0, 0.1) is 18.8 Å². The van der Waals surface area contributed by atoms with Gasteiger partial charge in [-0.05, 0) is 36.5 Å². The van der Waals surface area contributed by atoms with E-state index >= 15 is 0 Å². The van der Waals surface area contributed by atoms with Gasteiger partial charge >= 0.3 is 12.1 Å². The van der Waals surface area contributed by atoms with Gasteiger partial charge in [0.05, 0.1) is 0 Å². The Morgan fingerprint density at radius 3 is 1.82 bits per heavy atom. The standard InChI is InChI=1S/C21H28N8O2S2/c1-11(2)8-16-26-28-20(32-16)24-18(30)22-14-7-6-13(5)15(10-14)23-19(31)25-21-29-27-17(33-21)9-12(3)4/h6-7,10-12H,8-9H2,1-5H3,(H2,22,24,28,30)(H2,23,25,29,31). The minimum absolute atomic E-state index is 0.432. The first-order valence-electron chi connectivity index (χ1n) is 10.6.